The largest absolute Gasteiger partial charge is 0.389 e. The summed E-state index contributed by atoms with van der Waals surface area (Å²) in [5.41, 5.74) is 3.26. The van der Waals surface area contributed by atoms with E-state index in [1.165, 1.54) is 0 Å². The van der Waals surface area contributed by atoms with Crippen LogP contribution in [0.4, 0.5) is 0 Å². The van der Waals surface area contributed by atoms with E-state index in [0.717, 1.165) is 24.0 Å². The number of oxime groups is 1. The molecule has 2 amide bonds. The van der Waals surface area contributed by atoms with Crippen LogP contribution in [0.2, 0.25) is 0 Å². The third-order valence-corrected chi connectivity index (χ3v) is 4.80. The van der Waals surface area contributed by atoms with Crippen molar-refractivity contribution in [1.29, 1.82) is 0 Å². The second-order valence-corrected chi connectivity index (χ2v) is 7.06. The molecule has 1 aromatic carbocycles. The molecule has 1 aromatic rings. The number of likely N-dealkylation sites (tertiary alicyclic amines) is 1. The fourth-order valence-electron chi connectivity index (χ4n) is 3.48. The van der Waals surface area contributed by atoms with Crippen molar-refractivity contribution in [2.24, 2.45) is 11.1 Å². The van der Waals surface area contributed by atoms with Crippen LogP contribution in [-0.2, 0) is 9.63 Å². The van der Waals surface area contributed by atoms with Crippen LogP contribution in [0, 0.1) is 19.8 Å². The van der Waals surface area contributed by atoms with Crippen molar-refractivity contribution in [2.45, 2.75) is 38.8 Å². The van der Waals surface area contributed by atoms with Crippen molar-refractivity contribution in [3.63, 3.8) is 0 Å². The van der Waals surface area contributed by atoms with E-state index in [-0.39, 0.29) is 29.9 Å². The minimum absolute atomic E-state index is 0.0123. The number of nitrogens with zero attached hydrogens (tertiary/aromatic N) is 2. The van der Waals surface area contributed by atoms with E-state index in [9.17, 15) is 9.59 Å². The number of benzene rings is 1. The molecule has 2 atom stereocenters. The van der Waals surface area contributed by atoms with Crippen LogP contribution in [0.25, 0.3) is 0 Å². The van der Waals surface area contributed by atoms with Crippen LogP contribution < -0.4 is 5.32 Å². The molecule has 1 N–H and O–H groups in total. The van der Waals surface area contributed by atoms with Crippen LogP contribution in [0.1, 0.15) is 34.3 Å². The van der Waals surface area contributed by atoms with E-state index in [1.54, 1.807) is 4.90 Å². The second kappa shape index (κ2) is 5.61. The normalized spacial score (nSPS) is 25.1. The fraction of sp³-hybridized carbons (Fsp3) is 0.500. The minimum Gasteiger partial charge on any atom is -0.389 e. The van der Waals surface area contributed by atoms with Gasteiger partial charge in [-0.2, -0.15) is 0 Å². The zero-order chi connectivity index (χ0) is 16.8. The summed E-state index contributed by atoms with van der Waals surface area (Å²) in [4.78, 5) is 32.2. The summed E-state index contributed by atoms with van der Waals surface area (Å²) in [6.07, 6.45) is 1.86. The third kappa shape index (κ3) is 2.77. The lowest BCUT2D eigenvalue weighted by Crippen LogP contribution is -2.38. The second-order valence-electron chi connectivity index (χ2n) is 7.06. The summed E-state index contributed by atoms with van der Waals surface area (Å²) in [7, 11) is 0. The van der Waals surface area contributed by atoms with E-state index >= 15 is 0 Å². The zero-order valence-corrected chi connectivity index (χ0v) is 13.9. The van der Waals surface area contributed by atoms with Gasteiger partial charge in [0.1, 0.15) is 0 Å². The molecule has 0 bridgehead atoms. The molecular weight excluding hydrogens is 306 g/mol. The van der Waals surface area contributed by atoms with Gasteiger partial charge in [0.15, 0.2) is 11.8 Å². The van der Waals surface area contributed by atoms with E-state index in [1.807, 2.05) is 32.0 Å². The number of nitrogens with one attached hydrogen (secondary N) is 1. The fourth-order valence-corrected chi connectivity index (χ4v) is 3.48. The Labute approximate surface area is 140 Å². The van der Waals surface area contributed by atoms with Crippen molar-refractivity contribution in [3.05, 3.63) is 34.9 Å². The summed E-state index contributed by atoms with van der Waals surface area (Å²) in [5, 5.41) is 6.91. The first-order valence-corrected chi connectivity index (χ1v) is 8.43. The molecular formula is C18H21N3O3. The Balaban J connectivity index is 1.47. The van der Waals surface area contributed by atoms with Gasteiger partial charge in [-0.15, -0.1) is 0 Å². The molecule has 2 fully saturated rings. The quantitative estimate of drug-likeness (QED) is 0.912. The van der Waals surface area contributed by atoms with Crippen LogP contribution in [0.15, 0.2) is 23.4 Å². The maximum absolute atomic E-state index is 12.8. The number of fused-ring (bicyclic) bond motifs is 1. The number of carbonyl (C=O) groups excluding carboxylic acids is 2. The Morgan fingerprint density at radius 3 is 2.54 bits per heavy atom. The van der Waals surface area contributed by atoms with Gasteiger partial charge < -0.3 is 15.1 Å². The van der Waals surface area contributed by atoms with Gasteiger partial charge in [-0.1, -0.05) is 22.3 Å². The average Bonchev–Trinajstić information content (AvgIpc) is 3.08. The molecule has 1 aliphatic carbocycles. The van der Waals surface area contributed by atoms with Crippen molar-refractivity contribution < 1.29 is 14.4 Å². The Morgan fingerprint density at radius 2 is 1.88 bits per heavy atom. The van der Waals surface area contributed by atoms with E-state index in [4.69, 9.17) is 4.84 Å². The van der Waals surface area contributed by atoms with Gasteiger partial charge in [0, 0.05) is 18.2 Å². The smallest absolute Gasteiger partial charge is 0.269 e. The first-order valence-electron chi connectivity index (χ1n) is 8.43. The highest BCUT2D eigenvalue weighted by Crippen LogP contribution is 2.29. The lowest BCUT2D eigenvalue weighted by Gasteiger charge is -2.17. The predicted molar refractivity (Wildman–Crippen MR) is 88.8 cm³/mol. The van der Waals surface area contributed by atoms with Crippen LogP contribution in [0.5, 0.6) is 0 Å². The van der Waals surface area contributed by atoms with Crippen molar-refractivity contribution >= 4 is 17.5 Å². The molecule has 126 valence electrons. The summed E-state index contributed by atoms with van der Waals surface area (Å²) in [6, 6.07) is 6.14. The molecule has 1 saturated carbocycles. The van der Waals surface area contributed by atoms with Gasteiger partial charge in [0.25, 0.3) is 11.8 Å². The van der Waals surface area contributed by atoms with Gasteiger partial charge in [-0.25, -0.2) is 0 Å². The lowest BCUT2D eigenvalue weighted by molar-refractivity contribution is -0.115. The maximum atomic E-state index is 12.8. The number of carbonyl (C=O) groups is 2. The first kappa shape index (κ1) is 15.2. The lowest BCUT2D eigenvalue weighted by atomic mass is 10.0. The van der Waals surface area contributed by atoms with Crippen LogP contribution in [0.3, 0.4) is 0 Å². The Bertz CT molecular complexity index is 719. The molecule has 24 heavy (non-hydrogen) atoms. The Hall–Kier alpha value is -2.37. The molecule has 6 nitrogen and oxygen atoms in total. The van der Waals surface area contributed by atoms with Crippen LogP contribution >= 0.6 is 0 Å². The molecule has 0 radical (unpaired) electrons. The number of rotatable bonds is 3. The van der Waals surface area contributed by atoms with Crippen molar-refractivity contribution in [2.75, 3.05) is 13.1 Å². The van der Waals surface area contributed by atoms with E-state index < -0.39 is 0 Å². The SMILES string of the molecule is Cc1cc(C)cc(C(=O)N2C[C@@H]3C(C(=O)NC4CC4)=NO[C@@H]3C2)c1. The maximum Gasteiger partial charge on any atom is 0.269 e. The molecule has 3 aliphatic rings. The van der Waals surface area contributed by atoms with E-state index in [0.29, 0.717) is 24.4 Å². The van der Waals surface area contributed by atoms with Gasteiger partial charge in [-0.3, -0.25) is 9.59 Å². The average molecular weight is 327 g/mol. The molecule has 0 unspecified atom stereocenters. The minimum atomic E-state index is -0.209. The van der Waals surface area contributed by atoms with Gasteiger partial charge in [0.05, 0.1) is 12.5 Å². The molecule has 0 aromatic heterocycles. The highest BCUT2D eigenvalue weighted by molar-refractivity contribution is 6.40. The summed E-state index contributed by atoms with van der Waals surface area (Å²) < 4.78 is 0. The molecule has 0 spiro atoms. The number of amides is 2. The standard InChI is InChI=1S/C18H21N3O3/c1-10-5-11(2)7-12(6-10)18(23)21-8-14-15(9-21)24-20-16(14)17(22)19-13-3-4-13/h5-7,13-15H,3-4,8-9H2,1-2H3,(H,19,22)/t14-,15+/m0/s1. The molecule has 2 aliphatic heterocycles. The Kier molecular flexibility index (Phi) is 3.55. The van der Waals surface area contributed by atoms with Gasteiger partial charge in [-0.05, 0) is 38.8 Å². The first-order chi connectivity index (χ1) is 11.5. The zero-order valence-electron chi connectivity index (χ0n) is 13.9. The van der Waals surface area contributed by atoms with Gasteiger partial charge in [0.2, 0.25) is 0 Å². The molecule has 1 saturated heterocycles. The predicted octanol–water partition coefficient (Wildman–Crippen LogP) is 1.41. The third-order valence-electron chi connectivity index (χ3n) is 4.80. The highest BCUT2D eigenvalue weighted by atomic mass is 16.6. The molecule has 6 heteroatoms. The number of hydrogen-bond donors (Lipinski definition) is 1. The summed E-state index contributed by atoms with van der Waals surface area (Å²) in [6.45, 7) is 4.92. The monoisotopic (exact) mass is 327 g/mol. The highest BCUT2D eigenvalue weighted by Gasteiger charge is 2.46. The van der Waals surface area contributed by atoms with Crippen molar-refractivity contribution in [1.82, 2.24) is 10.2 Å². The van der Waals surface area contributed by atoms with Crippen LogP contribution in [-0.4, -0.2) is 47.7 Å². The van der Waals surface area contributed by atoms with E-state index in [2.05, 4.69) is 10.5 Å². The number of hydrogen-bond acceptors (Lipinski definition) is 4. The molecule has 2 heterocycles. The summed E-state index contributed by atoms with van der Waals surface area (Å²) >= 11 is 0. The Morgan fingerprint density at radius 1 is 1.17 bits per heavy atom. The van der Waals surface area contributed by atoms with Crippen molar-refractivity contribution in [3.8, 4) is 0 Å². The topological polar surface area (TPSA) is 71.0 Å². The molecule has 4 rings (SSSR count). The van der Waals surface area contributed by atoms with Gasteiger partial charge >= 0.3 is 0 Å². The number of aryl methyl sites for hydroxylation is 2. The summed E-state index contributed by atoms with van der Waals surface area (Å²) in [5.74, 6) is -0.286.